The van der Waals surface area contributed by atoms with E-state index in [9.17, 15) is 10.2 Å². The van der Waals surface area contributed by atoms with E-state index in [2.05, 4.69) is 6.92 Å². The highest BCUT2D eigenvalue weighted by atomic mass is 16.3. The van der Waals surface area contributed by atoms with E-state index in [1.165, 1.54) is 0 Å². The monoisotopic (exact) mass is 297 g/mol. The second-order valence-electron chi connectivity index (χ2n) is 8.42. The maximum absolute atomic E-state index is 10.9. The third kappa shape index (κ3) is 1.91. The van der Waals surface area contributed by atoms with E-state index in [0.29, 0.717) is 24.7 Å². The molecule has 0 amide bonds. The molecule has 0 heterocycles. The molecule has 0 aromatic heterocycles. The Hall–Kier alpha value is -0.0800. The zero-order chi connectivity index (χ0) is 19.1. The van der Waals surface area contributed by atoms with Crippen molar-refractivity contribution in [2.75, 3.05) is 0 Å². The third-order valence-corrected chi connectivity index (χ3v) is 7.74. The molecule has 0 saturated heterocycles. The van der Waals surface area contributed by atoms with Crippen LogP contribution in [0.4, 0.5) is 0 Å². The summed E-state index contributed by atoms with van der Waals surface area (Å²) in [5, 5.41) is 21.0. The summed E-state index contributed by atoms with van der Waals surface area (Å²) < 4.78 is 41.3. The highest BCUT2D eigenvalue weighted by molar-refractivity contribution is 5.09. The Morgan fingerprint density at radius 1 is 1.05 bits per heavy atom. The summed E-state index contributed by atoms with van der Waals surface area (Å²) in [5.74, 6) is 0.766. The van der Waals surface area contributed by atoms with Gasteiger partial charge >= 0.3 is 0 Å². The molecule has 9 atom stereocenters. The van der Waals surface area contributed by atoms with Gasteiger partial charge < -0.3 is 10.2 Å². The van der Waals surface area contributed by atoms with Crippen LogP contribution < -0.4 is 0 Å². The van der Waals surface area contributed by atoms with Gasteiger partial charge in [0.25, 0.3) is 0 Å². The lowest BCUT2D eigenvalue weighted by Crippen LogP contribution is -2.54. The summed E-state index contributed by atoms with van der Waals surface area (Å²) in [5.41, 5.74) is -1.35. The summed E-state index contributed by atoms with van der Waals surface area (Å²) in [6.45, 7) is -0.0990. The molecule has 4 aliphatic carbocycles. The quantitative estimate of drug-likeness (QED) is 0.715. The maximum Gasteiger partial charge on any atom is 0.0606 e. The molecule has 0 bridgehead atoms. The predicted molar refractivity (Wildman–Crippen MR) is 83.7 cm³/mol. The lowest BCUT2D eigenvalue weighted by molar-refractivity contribution is -0.133. The zero-order valence-electron chi connectivity index (χ0n) is 18.0. The molecule has 0 aromatic rings. The average Bonchev–Trinajstić information content (AvgIpc) is 2.75. The average molecular weight is 297 g/mol. The van der Waals surface area contributed by atoms with Crippen LogP contribution in [-0.2, 0) is 0 Å². The molecule has 0 aliphatic heterocycles. The minimum absolute atomic E-state index is 0.114. The van der Waals surface area contributed by atoms with Crippen LogP contribution in [0.1, 0.15) is 78.4 Å². The van der Waals surface area contributed by atoms with E-state index in [1.54, 1.807) is 0 Å². The lowest BCUT2D eigenvalue weighted by atomic mass is 9.45. The summed E-state index contributed by atoms with van der Waals surface area (Å²) >= 11 is 0. The SMILES string of the molecule is [2H]C1C[C@H]2[C@@H]3CC[C@@H]4CC(O)CC[C@]4(C)[C@H]3CC[C@]2(C([2H])([2H])[2H])[C@@]1([2H])O. The number of hydrogen-bond acceptors (Lipinski definition) is 2. The van der Waals surface area contributed by atoms with Gasteiger partial charge in [-0.25, -0.2) is 0 Å². The van der Waals surface area contributed by atoms with E-state index in [0.717, 1.165) is 38.5 Å². The summed E-state index contributed by atoms with van der Waals surface area (Å²) in [6, 6.07) is 0. The molecule has 4 rings (SSSR count). The molecule has 0 radical (unpaired) electrons. The van der Waals surface area contributed by atoms with Crippen molar-refractivity contribution in [3.8, 4) is 0 Å². The van der Waals surface area contributed by atoms with Gasteiger partial charge in [0.15, 0.2) is 0 Å². The maximum atomic E-state index is 10.9. The topological polar surface area (TPSA) is 40.5 Å². The van der Waals surface area contributed by atoms with Crippen molar-refractivity contribution < 1.29 is 17.1 Å². The van der Waals surface area contributed by atoms with E-state index in [1.807, 2.05) is 0 Å². The Balaban J connectivity index is 1.73. The van der Waals surface area contributed by atoms with Gasteiger partial charge in [0.1, 0.15) is 0 Å². The van der Waals surface area contributed by atoms with E-state index in [4.69, 9.17) is 6.85 Å². The van der Waals surface area contributed by atoms with E-state index >= 15 is 0 Å². The fourth-order valence-electron chi connectivity index (χ4n) is 6.49. The standard InChI is InChI=1S/C19H32O2/c1-18-9-7-13(20)11-12(18)3-4-14-15-5-6-17(21)19(15,2)10-8-16(14)18/h12-17,20-21H,3-11H2,1-2H3/t12-,13?,14+,15+,16+,17+,18+,19+/m1/s1/i2D3,6D,17D/t6?,12-,13?,14+,15+,16+,17+,18+,19+. The van der Waals surface area contributed by atoms with Crippen LogP contribution in [0.5, 0.6) is 0 Å². The fraction of sp³-hybridized carbons (Fsp3) is 1.00. The van der Waals surface area contributed by atoms with Gasteiger partial charge in [-0.1, -0.05) is 13.8 Å². The molecule has 2 unspecified atom stereocenters. The molecule has 0 spiro atoms. The second kappa shape index (κ2) is 4.71. The van der Waals surface area contributed by atoms with Gasteiger partial charge in [0.05, 0.1) is 13.6 Å². The Labute approximate surface area is 136 Å². The first-order valence-electron chi connectivity index (χ1n) is 11.4. The number of fused-ring (bicyclic) bond motifs is 5. The second-order valence-corrected chi connectivity index (χ2v) is 8.42. The van der Waals surface area contributed by atoms with Gasteiger partial charge in [0, 0.05) is 5.48 Å². The molecule has 4 fully saturated rings. The van der Waals surface area contributed by atoms with Gasteiger partial charge in [-0.05, 0) is 92.3 Å². The minimum Gasteiger partial charge on any atom is -0.393 e. The first kappa shape index (κ1) is 9.93. The van der Waals surface area contributed by atoms with Crippen molar-refractivity contribution in [3.63, 3.8) is 0 Å². The molecule has 2 heteroatoms. The lowest BCUT2D eigenvalue weighted by Gasteiger charge is -2.60. The van der Waals surface area contributed by atoms with Crippen molar-refractivity contribution in [3.05, 3.63) is 0 Å². The van der Waals surface area contributed by atoms with Crippen LogP contribution in [0.3, 0.4) is 0 Å². The fourth-order valence-corrected chi connectivity index (χ4v) is 6.49. The first-order chi connectivity index (χ1) is 11.9. The van der Waals surface area contributed by atoms with Crippen LogP contribution in [0, 0.1) is 34.5 Å². The van der Waals surface area contributed by atoms with Crippen LogP contribution in [-0.4, -0.2) is 22.4 Å². The largest absolute Gasteiger partial charge is 0.393 e. The van der Waals surface area contributed by atoms with Gasteiger partial charge in [-0.3, -0.25) is 0 Å². The van der Waals surface area contributed by atoms with Gasteiger partial charge in [0.2, 0.25) is 0 Å². The Kier molecular flexibility index (Phi) is 2.22. The van der Waals surface area contributed by atoms with Crippen LogP contribution in [0.25, 0.3) is 0 Å². The molecular weight excluding hydrogens is 260 g/mol. The number of aliphatic hydroxyl groups is 2. The molecular formula is C19H32O2. The van der Waals surface area contributed by atoms with Crippen LogP contribution in [0.15, 0.2) is 0 Å². The van der Waals surface area contributed by atoms with Crippen molar-refractivity contribution in [2.24, 2.45) is 34.5 Å². The van der Waals surface area contributed by atoms with Crippen molar-refractivity contribution in [1.82, 2.24) is 0 Å². The number of hydrogen-bond donors (Lipinski definition) is 2. The van der Waals surface area contributed by atoms with Crippen molar-refractivity contribution in [1.29, 1.82) is 0 Å². The molecule has 4 aliphatic rings. The molecule has 2 N–H and O–H groups in total. The highest BCUT2D eigenvalue weighted by Gasteiger charge is 2.59. The summed E-state index contributed by atoms with van der Waals surface area (Å²) in [7, 11) is 0. The smallest absolute Gasteiger partial charge is 0.0606 e. The molecule has 2 nitrogen and oxygen atoms in total. The molecule has 21 heavy (non-hydrogen) atoms. The third-order valence-electron chi connectivity index (χ3n) is 7.74. The van der Waals surface area contributed by atoms with E-state index < -0.39 is 24.7 Å². The Morgan fingerprint density at radius 3 is 2.62 bits per heavy atom. The van der Waals surface area contributed by atoms with Crippen LogP contribution in [0.2, 0.25) is 0 Å². The van der Waals surface area contributed by atoms with Crippen molar-refractivity contribution in [2.45, 2.75) is 83.7 Å². The minimum atomic E-state index is -2.42. The first-order valence-corrected chi connectivity index (χ1v) is 8.78. The molecule has 120 valence electrons. The number of rotatable bonds is 0. The normalized spacial score (nSPS) is 71.1. The van der Waals surface area contributed by atoms with Crippen LogP contribution >= 0.6 is 0 Å². The highest BCUT2D eigenvalue weighted by Crippen LogP contribution is 2.66. The van der Waals surface area contributed by atoms with Crippen molar-refractivity contribution >= 4 is 0 Å². The Morgan fingerprint density at radius 2 is 1.81 bits per heavy atom. The van der Waals surface area contributed by atoms with Gasteiger partial charge in [-0.15, -0.1) is 0 Å². The van der Waals surface area contributed by atoms with Gasteiger partial charge in [-0.2, -0.15) is 0 Å². The Bertz CT molecular complexity index is 579. The summed E-state index contributed by atoms with van der Waals surface area (Å²) in [4.78, 5) is 0. The number of aliphatic hydroxyl groups excluding tert-OH is 1. The predicted octanol–water partition coefficient (Wildman–Crippen LogP) is 3.75. The summed E-state index contributed by atoms with van der Waals surface area (Å²) in [6.07, 6.45) is 2.42. The molecule has 4 saturated carbocycles. The zero-order valence-corrected chi connectivity index (χ0v) is 13.0. The molecule has 0 aromatic carbocycles. The van der Waals surface area contributed by atoms with E-state index in [-0.39, 0.29) is 23.4 Å².